The van der Waals surface area contributed by atoms with Gasteiger partial charge < -0.3 is 10.0 Å². The zero-order valence-electron chi connectivity index (χ0n) is 14.1. The Morgan fingerprint density at radius 1 is 1.32 bits per heavy atom. The lowest BCUT2D eigenvalue weighted by Gasteiger charge is -2.35. The highest BCUT2D eigenvalue weighted by Crippen LogP contribution is 2.30. The molecule has 2 atom stereocenters. The quantitative estimate of drug-likeness (QED) is 0.876. The van der Waals surface area contributed by atoms with Crippen LogP contribution in [0.5, 0.6) is 0 Å². The lowest BCUT2D eigenvalue weighted by molar-refractivity contribution is -0.148. The minimum absolute atomic E-state index is 0.0670. The van der Waals surface area contributed by atoms with Gasteiger partial charge in [-0.3, -0.25) is 9.59 Å². The SMILES string of the molecule is CC1CN(C(=O)CCCc2cccc(C(F)(F)F)c2)CCC1C(=O)O. The number of likely N-dealkylation sites (tertiary alicyclic amines) is 1. The van der Waals surface area contributed by atoms with Gasteiger partial charge in [-0.2, -0.15) is 13.2 Å². The number of benzene rings is 1. The Balaban J connectivity index is 1.82. The summed E-state index contributed by atoms with van der Waals surface area (Å²) in [5.74, 6) is -1.42. The Morgan fingerprint density at radius 3 is 2.64 bits per heavy atom. The fourth-order valence-electron chi connectivity index (χ4n) is 3.24. The summed E-state index contributed by atoms with van der Waals surface area (Å²) in [6.07, 6.45) is -2.81. The van der Waals surface area contributed by atoms with Crippen LogP contribution in [0.3, 0.4) is 0 Å². The number of hydrogen-bond acceptors (Lipinski definition) is 2. The maximum absolute atomic E-state index is 12.7. The maximum atomic E-state index is 12.7. The minimum Gasteiger partial charge on any atom is -0.481 e. The minimum atomic E-state index is -4.36. The number of carboxylic acids is 1. The van der Waals surface area contributed by atoms with Gasteiger partial charge in [0.05, 0.1) is 11.5 Å². The second-order valence-corrected chi connectivity index (χ2v) is 6.60. The van der Waals surface area contributed by atoms with Crippen molar-refractivity contribution < 1.29 is 27.9 Å². The molecule has 0 aliphatic carbocycles. The fraction of sp³-hybridized carbons (Fsp3) is 0.556. The predicted molar refractivity (Wildman–Crippen MR) is 85.9 cm³/mol. The molecule has 1 heterocycles. The average molecular weight is 357 g/mol. The van der Waals surface area contributed by atoms with E-state index in [4.69, 9.17) is 5.11 Å². The summed E-state index contributed by atoms with van der Waals surface area (Å²) in [5.41, 5.74) is -0.124. The Kier molecular flexibility index (Phi) is 6.08. The number of rotatable bonds is 5. The van der Waals surface area contributed by atoms with E-state index in [-0.39, 0.29) is 18.2 Å². The molecule has 0 aromatic heterocycles. The number of nitrogens with zero attached hydrogens (tertiary/aromatic N) is 1. The van der Waals surface area contributed by atoms with Gasteiger partial charge in [-0.15, -0.1) is 0 Å². The Bertz CT molecular complexity index is 630. The van der Waals surface area contributed by atoms with Crippen LogP contribution in [-0.4, -0.2) is 35.0 Å². The number of carbonyl (C=O) groups excluding carboxylic acids is 1. The first kappa shape index (κ1) is 19.3. The van der Waals surface area contributed by atoms with Gasteiger partial charge in [-0.1, -0.05) is 25.1 Å². The first-order chi connectivity index (χ1) is 11.7. The van der Waals surface area contributed by atoms with E-state index in [0.29, 0.717) is 37.9 Å². The first-order valence-corrected chi connectivity index (χ1v) is 8.35. The summed E-state index contributed by atoms with van der Waals surface area (Å²) in [4.78, 5) is 25.0. The average Bonchev–Trinajstić information content (AvgIpc) is 2.53. The van der Waals surface area contributed by atoms with Crippen LogP contribution in [0.25, 0.3) is 0 Å². The lowest BCUT2D eigenvalue weighted by Crippen LogP contribution is -2.44. The normalized spacial score (nSPS) is 21.2. The van der Waals surface area contributed by atoms with E-state index in [9.17, 15) is 22.8 Å². The van der Waals surface area contributed by atoms with Crippen LogP contribution < -0.4 is 0 Å². The molecule has 1 aliphatic heterocycles. The number of carboxylic acid groups (broad SMARTS) is 1. The smallest absolute Gasteiger partial charge is 0.416 e. The van der Waals surface area contributed by atoms with E-state index in [1.165, 1.54) is 6.07 Å². The summed E-state index contributed by atoms with van der Waals surface area (Å²) < 4.78 is 38.1. The second-order valence-electron chi connectivity index (χ2n) is 6.60. The van der Waals surface area contributed by atoms with Gasteiger partial charge in [0.25, 0.3) is 0 Å². The number of amides is 1. The van der Waals surface area contributed by atoms with Crippen molar-refractivity contribution in [3.8, 4) is 0 Å². The van der Waals surface area contributed by atoms with Crippen molar-refractivity contribution in [1.82, 2.24) is 4.90 Å². The van der Waals surface area contributed by atoms with Gasteiger partial charge in [0.15, 0.2) is 0 Å². The van der Waals surface area contributed by atoms with Gasteiger partial charge in [-0.05, 0) is 36.8 Å². The molecule has 7 heteroatoms. The molecule has 25 heavy (non-hydrogen) atoms. The number of piperidine rings is 1. The molecule has 2 unspecified atom stereocenters. The van der Waals surface area contributed by atoms with Crippen LogP contribution >= 0.6 is 0 Å². The summed E-state index contributed by atoms with van der Waals surface area (Å²) in [5, 5.41) is 9.10. The monoisotopic (exact) mass is 357 g/mol. The maximum Gasteiger partial charge on any atom is 0.416 e. The molecule has 0 bridgehead atoms. The van der Waals surface area contributed by atoms with Gasteiger partial charge >= 0.3 is 12.1 Å². The van der Waals surface area contributed by atoms with Crippen molar-refractivity contribution in [2.24, 2.45) is 11.8 Å². The van der Waals surface area contributed by atoms with E-state index in [1.807, 2.05) is 6.92 Å². The molecular weight excluding hydrogens is 335 g/mol. The van der Waals surface area contributed by atoms with E-state index >= 15 is 0 Å². The van der Waals surface area contributed by atoms with Crippen molar-refractivity contribution in [2.45, 2.75) is 38.8 Å². The Labute approximate surface area is 144 Å². The number of alkyl halides is 3. The van der Waals surface area contributed by atoms with Crippen molar-refractivity contribution >= 4 is 11.9 Å². The molecule has 2 rings (SSSR count). The largest absolute Gasteiger partial charge is 0.481 e. The lowest BCUT2D eigenvalue weighted by atomic mass is 9.87. The van der Waals surface area contributed by atoms with E-state index in [2.05, 4.69) is 0 Å². The molecule has 1 aliphatic rings. The zero-order chi connectivity index (χ0) is 18.6. The molecule has 1 aromatic carbocycles. The highest BCUT2D eigenvalue weighted by atomic mass is 19.4. The van der Waals surface area contributed by atoms with Crippen LogP contribution in [0.4, 0.5) is 13.2 Å². The third-order valence-electron chi connectivity index (χ3n) is 4.69. The fourth-order valence-corrected chi connectivity index (χ4v) is 3.24. The highest BCUT2D eigenvalue weighted by molar-refractivity contribution is 5.77. The van der Waals surface area contributed by atoms with Crippen LogP contribution in [0.15, 0.2) is 24.3 Å². The van der Waals surface area contributed by atoms with Crippen molar-refractivity contribution in [1.29, 1.82) is 0 Å². The first-order valence-electron chi connectivity index (χ1n) is 8.35. The molecule has 0 radical (unpaired) electrons. The Morgan fingerprint density at radius 2 is 2.04 bits per heavy atom. The van der Waals surface area contributed by atoms with E-state index in [1.54, 1.807) is 11.0 Å². The molecule has 138 valence electrons. The number of aryl methyl sites for hydroxylation is 1. The molecule has 4 nitrogen and oxygen atoms in total. The second kappa shape index (κ2) is 7.89. The summed E-state index contributed by atoms with van der Waals surface area (Å²) in [7, 11) is 0. The summed E-state index contributed by atoms with van der Waals surface area (Å²) in [6.45, 7) is 2.66. The molecule has 1 saturated heterocycles. The number of carbonyl (C=O) groups is 2. The molecular formula is C18H22F3NO3. The third-order valence-corrected chi connectivity index (χ3v) is 4.69. The molecule has 1 amide bonds. The van der Waals surface area contributed by atoms with Crippen molar-refractivity contribution in [3.05, 3.63) is 35.4 Å². The summed E-state index contributed by atoms with van der Waals surface area (Å²) >= 11 is 0. The molecule has 0 spiro atoms. The van der Waals surface area contributed by atoms with Crippen LogP contribution in [0.1, 0.15) is 37.3 Å². The zero-order valence-corrected chi connectivity index (χ0v) is 14.1. The van der Waals surface area contributed by atoms with Crippen molar-refractivity contribution in [3.63, 3.8) is 0 Å². The van der Waals surface area contributed by atoms with Gasteiger partial charge in [0.2, 0.25) is 5.91 Å². The Hall–Kier alpha value is -2.05. The van der Waals surface area contributed by atoms with Crippen molar-refractivity contribution in [2.75, 3.05) is 13.1 Å². The topological polar surface area (TPSA) is 57.6 Å². The molecule has 0 saturated carbocycles. The van der Waals surface area contributed by atoms with Crippen LogP contribution in [-0.2, 0) is 22.2 Å². The summed E-state index contributed by atoms with van der Waals surface area (Å²) in [6, 6.07) is 5.14. The molecule has 1 N–H and O–H groups in total. The standard InChI is InChI=1S/C18H22F3NO3/c1-12-11-22(9-8-15(12)17(24)25)16(23)7-3-5-13-4-2-6-14(10-13)18(19,20)21/h2,4,6,10,12,15H,3,5,7-9,11H2,1H3,(H,24,25). The number of hydrogen-bond donors (Lipinski definition) is 1. The molecule has 1 aromatic rings. The van der Waals surface area contributed by atoms with Crippen LogP contribution in [0, 0.1) is 11.8 Å². The molecule has 1 fully saturated rings. The van der Waals surface area contributed by atoms with E-state index < -0.39 is 23.6 Å². The van der Waals surface area contributed by atoms with Crippen LogP contribution in [0.2, 0.25) is 0 Å². The highest BCUT2D eigenvalue weighted by Gasteiger charge is 2.33. The predicted octanol–water partition coefficient (Wildman–Crippen LogP) is 3.60. The van der Waals surface area contributed by atoms with Gasteiger partial charge in [0, 0.05) is 19.5 Å². The third kappa shape index (κ3) is 5.21. The number of halogens is 3. The number of aliphatic carboxylic acids is 1. The van der Waals surface area contributed by atoms with E-state index in [0.717, 1.165) is 12.1 Å². The van der Waals surface area contributed by atoms with Gasteiger partial charge in [-0.25, -0.2) is 0 Å². The van der Waals surface area contributed by atoms with Gasteiger partial charge in [0.1, 0.15) is 0 Å².